The molecule has 8 heteroatoms. The van der Waals surface area contributed by atoms with Crippen molar-refractivity contribution >= 4 is 27.5 Å². The molecule has 3 aromatic rings. The number of hydrogen-bond donors (Lipinski definition) is 1. The number of nitrogens with zero attached hydrogens (tertiary/aromatic N) is 3. The van der Waals surface area contributed by atoms with Crippen LogP contribution in [0.5, 0.6) is 11.5 Å². The van der Waals surface area contributed by atoms with Crippen molar-refractivity contribution in [1.82, 2.24) is 14.9 Å². The lowest BCUT2D eigenvalue weighted by atomic mass is 10.2. The normalized spacial score (nSPS) is 10.5. The Kier molecular flexibility index (Phi) is 5.78. The van der Waals surface area contributed by atoms with Crippen molar-refractivity contribution < 1.29 is 9.47 Å². The Labute approximate surface area is 158 Å². The molecule has 0 radical (unpaired) electrons. The van der Waals surface area contributed by atoms with Gasteiger partial charge in [0.25, 0.3) is 0 Å². The number of nitrogens with one attached hydrogen (secondary N) is 1. The van der Waals surface area contributed by atoms with E-state index in [0.717, 1.165) is 15.6 Å². The van der Waals surface area contributed by atoms with Crippen LogP contribution in [0.15, 0.2) is 53.5 Å². The molecule has 0 aliphatic carbocycles. The average Bonchev–Trinajstić information content (AvgIpc) is 3.14. The van der Waals surface area contributed by atoms with Crippen LogP contribution in [0.3, 0.4) is 0 Å². The van der Waals surface area contributed by atoms with E-state index < -0.39 is 0 Å². The SMILES string of the molecule is COc1ccc(Br)c(CNn2cnnc2)c1OCc1ccccc1Cl. The zero-order chi connectivity index (χ0) is 17.6. The van der Waals surface area contributed by atoms with E-state index in [0.29, 0.717) is 29.7 Å². The van der Waals surface area contributed by atoms with Crippen LogP contribution < -0.4 is 14.9 Å². The van der Waals surface area contributed by atoms with E-state index in [1.54, 1.807) is 24.4 Å². The Bertz CT molecular complexity index is 843. The summed E-state index contributed by atoms with van der Waals surface area (Å²) in [5.41, 5.74) is 5.01. The number of hydrogen-bond acceptors (Lipinski definition) is 5. The summed E-state index contributed by atoms with van der Waals surface area (Å²) < 4.78 is 14.1. The molecule has 0 bridgehead atoms. The van der Waals surface area contributed by atoms with Crippen LogP contribution >= 0.6 is 27.5 Å². The molecule has 0 aliphatic heterocycles. The molecule has 6 nitrogen and oxygen atoms in total. The van der Waals surface area contributed by atoms with Gasteiger partial charge in [0.1, 0.15) is 19.3 Å². The van der Waals surface area contributed by atoms with Gasteiger partial charge < -0.3 is 14.9 Å². The molecule has 1 heterocycles. The zero-order valence-corrected chi connectivity index (χ0v) is 15.8. The molecule has 1 aromatic heterocycles. The lowest BCUT2D eigenvalue weighted by molar-refractivity contribution is 0.281. The van der Waals surface area contributed by atoms with Crippen LogP contribution in [0.4, 0.5) is 0 Å². The highest BCUT2D eigenvalue weighted by Crippen LogP contribution is 2.37. The first-order valence-electron chi connectivity index (χ1n) is 7.49. The van der Waals surface area contributed by atoms with Gasteiger partial charge >= 0.3 is 0 Å². The van der Waals surface area contributed by atoms with Gasteiger partial charge in [-0.2, -0.15) is 0 Å². The summed E-state index contributed by atoms with van der Waals surface area (Å²) in [6.45, 7) is 0.833. The maximum absolute atomic E-state index is 6.21. The van der Waals surface area contributed by atoms with Gasteiger partial charge in [0.05, 0.1) is 13.7 Å². The Balaban J connectivity index is 1.84. The van der Waals surface area contributed by atoms with Gasteiger partial charge in [0.2, 0.25) is 0 Å². The molecule has 0 atom stereocenters. The second-order valence-electron chi connectivity index (χ2n) is 5.14. The van der Waals surface area contributed by atoms with Crippen LogP contribution in [0.1, 0.15) is 11.1 Å². The molecule has 3 rings (SSSR count). The smallest absolute Gasteiger partial charge is 0.167 e. The molecule has 0 saturated carbocycles. The summed E-state index contributed by atoms with van der Waals surface area (Å²) in [4.78, 5) is 0. The number of benzene rings is 2. The van der Waals surface area contributed by atoms with Crippen LogP contribution in [-0.4, -0.2) is 22.0 Å². The largest absolute Gasteiger partial charge is 0.493 e. The minimum Gasteiger partial charge on any atom is -0.493 e. The first-order chi connectivity index (χ1) is 12.2. The minimum absolute atomic E-state index is 0.339. The van der Waals surface area contributed by atoms with Gasteiger partial charge in [-0.05, 0) is 18.2 Å². The van der Waals surface area contributed by atoms with E-state index in [9.17, 15) is 0 Å². The van der Waals surface area contributed by atoms with Crippen LogP contribution in [0.2, 0.25) is 5.02 Å². The van der Waals surface area contributed by atoms with E-state index in [4.69, 9.17) is 21.1 Å². The van der Waals surface area contributed by atoms with E-state index in [1.165, 1.54) is 0 Å². The standard InChI is InChI=1S/C17H16BrClN4O2/c1-24-16-7-6-14(18)13(8-22-23-10-20-21-11-23)17(16)25-9-12-4-2-3-5-15(12)19/h2-7,10-11,22H,8-9H2,1H3. The van der Waals surface area contributed by atoms with Gasteiger partial charge in [-0.25, -0.2) is 4.68 Å². The molecule has 0 unspecified atom stereocenters. The number of ether oxygens (including phenoxy) is 2. The summed E-state index contributed by atoms with van der Waals surface area (Å²) in [5.74, 6) is 1.30. The quantitative estimate of drug-likeness (QED) is 0.622. The van der Waals surface area contributed by atoms with Gasteiger partial charge in [0, 0.05) is 20.6 Å². The number of halogens is 2. The maximum Gasteiger partial charge on any atom is 0.167 e. The summed E-state index contributed by atoms with van der Waals surface area (Å²) in [6, 6.07) is 11.4. The second-order valence-corrected chi connectivity index (χ2v) is 6.40. The molecule has 0 fully saturated rings. The fraction of sp³-hybridized carbons (Fsp3) is 0.176. The molecule has 0 spiro atoms. The zero-order valence-electron chi connectivity index (χ0n) is 13.4. The van der Waals surface area contributed by atoms with Crippen molar-refractivity contribution in [2.45, 2.75) is 13.2 Å². The fourth-order valence-corrected chi connectivity index (χ4v) is 2.93. The van der Waals surface area contributed by atoms with Crippen LogP contribution in [-0.2, 0) is 13.2 Å². The van der Waals surface area contributed by atoms with Crippen molar-refractivity contribution in [2.24, 2.45) is 0 Å². The summed E-state index contributed by atoms with van der Waals surface area (Å²) in [5, 5.41) is 8.20. The number of aromatic nitrogens is 3. The second kappa shape index (κ2) is 8.22. The third-order valence-electron chi connectivity index (χ3n) is 3.57. The molecule has 2 aromatic carbocycles. The highest BCUT2D eigenvalue weighted by atomic mass is 79.9. The molecule has 25 heavy (non-hydrogen) atoms. The number of methoxy groups -OCH3 is 1. The Morgan fingerprint density at radius 2 is 1.92 bits per heavy atom. The highest BCUT2D eigenvalue weighted by molar-refractivity contribution is 9.10. The van der Waals surface area contributed by atoms with Crippen molar-refractivity contribution in [3.05, 3.63) is 69.7 Å². The third kappa shape index (κ3) is 4.24. The first kappa shape index (κ1) is 17.6. The topological polar surface area (TPSA) is 61.2 Å². The van der Waals surface area contributed by atoms with Crippen molar-refractivity contribution in [3.8, 4) is 11.5 Å². The molecule has 130 valence electrons. The summed E-state index contributed by atoms with van der Waals surface area (Å²) >= 11 is 9.79. The van der Waals surface area contributed by atoms with Crippen molar-refractivity contribution in [3.63, 3.8) is 0 Å². The molecule has 0 aliphatic rings. The van der Waals surface area contributed by atoms with Gasteiger partial charge in [-0.1, -0.05) is 45.7 Å². The molecular formula is C17H16BrClN4O2. The number of rotatable bonds is 7. The van der Waals surface area contributed by atoms with Gasteiger partial charge in [-0.3, -0.25) is 0 Å². The predicted octanol–water partition coefficient (Wildman–Crippen LogP) is 4.03. The van der Waals surface area contributed by atoms with Gasteiger partial charge in [-0.15, -0.1) is 10.2 Å². The summed E-state index contributed by atoms with van der Waals surface area (Å²) in [7, 11) is 1.61. The first-order valence-corrected chi connectivity index (χ1v) is 8.66. The molecule has 0 saturated heterocycles. The van der Waals surface area contributed by atoms with Crippen LogP contribution in [0, 0.1) is 0 Å². The van der Waals surface area contributed by atoms with Crippen molar-refractivity contribution in [2.75, 3.05) is 12.5 Å². The Morgan fingerprint density at radius 3 is 2.64 bits per heavy atom. The Morgan fingerprint density at radius 1 is 1.16 bits per heavy atom. The van der Waals surface area contributed by atoms with E-state index in [2.05, 4.69) is 31.6 Å². The van der Waals surface area contributed by atoms with E-state index in [1.807, 2.05) is 36.4 Å². The fourth-order valence-electron chi connectivity index (χ4n) is 2.28. The third-order valence-corrected chi connectivity index (χ3v) is 4.69. The lowest BCUT2D eigenvalue weighted by Crippen LogP contribution is -2.14. The predicted molar refractivity (Wildman–Crippen MR) is 99.6 cm³/mol. The monoisotopic (exact) mass is 422 g/mol. The van der Waals surface area contributed by atoms with Crippen molar-refractivity contribution in [1.29, 1.82) is 0 Å². The van der Waals surface area contributed by atoms with Gasteiger partial charge in [0.15, 0.2) is 11.5 Å². The molecule has 0 amide bonds. The Hall–Kier alpha value is -2.25. The van der Waals surface area contributed by atoms with E-state index in [-0.39, 0.29) is 0 Å². The van der Waals surface area contributed by atoms with Crippen LogP contribution in [0.25, 0.3) is 0 Å². The summed E-state index contributed by atoms with van der Waals surface area (Å²) in [6.07, 6.45) is 3.16. The highest BCUT2D eigenvalue weighted by Gasteiger charge is 2.15. The molecule has 1 N–H and O–H groups in total. The lowest BCUT2D eigenvalue weighted by Gasteiger charge is -2.18. The maximum atomic E-state index is 6.21. The minimum atomic E-state index is 0.339. The van der Waals surface area contributed by atoms with E-state index >= 15 is 0 Å². The average molecular weight is 424 g/mol. The molecular weight excluding hydrogens is 408 g/mol.